The minimum Gasteiger partial charge on any atom is -0.461 e. The molecule has 0 radical (unpaired) electrons. The maximum atomic E-state index is 5.53. The van der Waals surface area contributed by atoms with Gasteiger partial charge in [-0.3, -0.25) is 0 Å². The van der Waals surface area contributed by atoms with Gasteiger partial charge in [0.25, 0.3) is 0 Å². The summed E-state index contributed by atoms with van der Waals surface area (Å²) in [4.78, 5) is 14.0. The zero-order chi connectivity index (χ0) is 14.5. The Kier molecular flexibility index (Phi) is 4.73. The summed E-state index contributed by atoms with van der Waals surface area (Å²) >= 11 is 1.69. The Morgan fingerprint density at radius 2 is 1.90 bits per heavy atom. The van der Waals surface area contributed by atoms with Crippen molar-refractivity contribution in [2.45, 2.75) is 32.9 Å². The van der Waals surface area contributed by atoms with E-state index in [1.165, 1.54) is 4.88 Å². The van der Waals surface area contributed by atoms with Gasteiger partial charge in [-0.15, -0.1) is 11.3 Å². The predicted molar refractivity (Wildman–Crippen MR) is 81.5 cm³/mol. The third-order valence-electron chi connectivity index (χ3n) is 2.50. The molecule has 2 rings (SSSR count). The molecule has 6 nitrogen and oxygen atoms in total. The number of nitrogens with zero attached hydrogens (tertiary/aromatic N) is 3. The molecule has 108 valence electrons. The fourth-order valence-electron chi connectivity index (χ4n) is 1.60. The third kappa shape index (κ3) is 3.80. The van der Waals surface area contributed by atoms with Gasteiger partial charge in [0.05, 0.1) is 12.1 Å². The highest BCUT2D eigenvalue weighted by Crippen LogP contribution is 2.22. The highest BCUT2D eigenvalue weighted by Gasteiger charge is 2.12. The lowest BCUT2D eigenvalue weighted by Gasteiger charge is -2.14. The van der Waals surface area contributed by atoms with E-state index in [9.17, 15) is 0 Å². The second-order valence-electron chi connectivity index (χ2n) is 4.56. The van der Waals surface area contributed by atoms with Gasteiger partial charge in [0.2, 0.25) is 11.9 Å². The van der Waals surface area contributed by atoms with E-state index in [1.807, 2.05) is 25.3 Å². The van der Waals surface area contributed by atoms with Crippen molar-refractivity contribution in [3.05, 3.63) is 22.4 Å². The topological polar surface area (TPSA) is 72.0 Å². The number of thiophene rings is 1. The lowest BCUT2D eigenvalue weighted by molar-refractivity contribution is 0.222. The fraction of sp³-hybridized carbons (Fsp3) is 0.462. The summed E-state index contributed by atoms with van der Waals surface area (Å²) in [5, 5.41) is 8.22. The van der Waals surface area contributed by atoms with Gasteiger partial charge in [-0.1, -0.05) is 6.07 Å². The zero-order valence-electron chi connectivity index (χ0n) is 12.0. The van der Waals surface area contributed by atoms with Gasteiger partial charge in [0.1, 0.15) is 0 Å². The molecule has 0 saturated carbocycles. The van der Waals surface area contributed by atoms with Crippen LogP contribution in [-0.2, 0) is 0 Å². The third-order valence-corrected chi connectivity index (χ3v) is 3.55. The summed E-state index contributed by atoms with van der Waals surface area (Å²) < 4.78 is 5.53. The van der Waals surface area contributed by atoms with Crippen LogP contribution in [0.3, 0.4) is 0 Å². The quantitative estimate of drug-likeness (QED) is 0.853. The van der Waals surface area contributed by atoms with E-state index in [0.717, 1.165) is 0 Å². The summed E-state index contributed by atoms with van der Waals surface area (Å²) in [5.74, 6) is 0.984. The molecule has 1 unspecified atom stereocenters. The van der Waals surface area contributed by atoms with E-state index in [0.29, 0.717) is 17.9 Å². The summed E-state index contributed by atoms with van der Waals surface area (Å²) in [6.07, 6.45) is 0.0182. The Morgan fingerprint density at radius 1 is 1.15 bits per heavy atom. The molecule has 7 heteroatoms. The van der Waals surface area contributed by atoms with Gasteiger partial charge in [-0.2, -0.15) is 15.0 Å². The number of hydrogen-bond acceptors (Lipinski definition) is 7. The van der Waals surface area contributed by atoms with Crippen LogP contribution in [0.15, 0.2) is 17.5 Å². The fourth-order valence-corrected chi connectivity index (χ4v) is 2.33. The first kappa shape index (κ1) is 14.5. The van der Waals surface area contributed by atoms with Gasteiger partial charge < -0.3 is 15.4 Å². The smallest absolute Gasteiger partial charge is 0.323 e. The molecule has 0 aliphatic rings. The molecule has 2 heterocycles. The molecular weight excluding hydrogens is 274 g/mol. The van der Waals surface area contributed by atoms with Crippen molar-refractivity contribution in [3.8, 4) is 6.01 Å². The Morgan fingerprint density at radius 3 is 2.50 bits per heavy atom. The van der Waals surface area contributed by atoms with Crippen molar-refractivity contribution in [3.63, 3.8) is 0 Å². The predicted octanol–water partition coefficient (Wildman–Crippen LogP) is 2.94. The van der Waals surface area contributed by atoms with Crippen molar-refractivity contribution in [2.75, 3.05) is 17.7 Å². The van der Waals surface area contributed by atoms with Crippen LogP contribution in [0.1, 0.15) is 31.7 Å². The van der Waals surface area contributed by atoms with Crippen LogP contribution in [0.5, 0.6) is 6.01 Å². The molecule has 0 amide bonds. The van der Waals surface area contributed by atoms with E-state index in [2.05, 4.69) is 38.6 Å². The van der Waals surface area contributed by atoms with Gasteiger partial charge in [0.15, 0.2) is 0 Å². The van der Waals surface area contributed by atoms with Crippen molar-refractivity contribution >= 4 is 23.2 Å². The Labute approximate surface area is 122 Å². The van der Waals surface area contributed by atoms with Gasteiger partial charge >= 0.3 is 6.01 Å². The molecule has 2 aromatic heterocycles. The second-order valence-corrected chi connectivity index (χ2v) is 5.54. The molecule has 0 aliphatic heterocycles. The summed E-state index contributed by atoms with van der Waals surface area (Å²) in [7, 11) is 1.76. The lowest BCUT2D eigenvalue weighted by atomic mass is 10.3. The van der Waals surface area contributed by atoms with E-state index in [-0.39, 0.29) is 12.1 Å². The maximum absolute atomic E-state index is 5.53. The molecular formula is C13H19N5OS. The molecule has 0 fully saturated rings. The largest absolute Gasteiger partial charge is 0.461 e. The Hall–Kier alpha value is -1.89. The first-order chi connectivity index (χ1) is 9.58. The summed E-state index contributed by atoms with van der Waals surface area (Å²) in [6.45, 7) is 5.94. The molecule has 0 saturated heterocycles. The van der Waals surface area contributed by atoms with Crippen LogP contribution in [0.4, 0.5) is 11.9 Å². The molecule has 0 spiro atoms. The monoisotopic (exact) mass is 293 g/mol. The normalized spacial score (nSPS) is 12.2. The van der Waals surface area contributed by atoms with Crippen LogP contribution in [0.25, 0.3) is 0 Å². The minimum atomic E-state index is 0.0182. The number of nitrogens with one attached hydrogen (secondary N) is 2. The van der Waals surface area contributed by atoms with Crippen LogP contribution in [0.2, 0.25) is 0 Å². The van der Waals surface area contributed by atoms with Crippen molar-refractivity contribution < 1.29 is 4.74 Å². The van der Waals surface area contributed by atoms with Crippen molar-refractivity contribution in [1.29, 1.82) is 0 Å². The van der Waals surface area contributed by atoms with Crippen LogP contribution >= 0.6 is 11.3 Å². The van der Waals surface area contributed by atoms with Gasteiger partial charge in [-0.25, -0.2) is 0 Å². The molecule has 1 atom stereocenters. The summed E-state index contributed by atoms with van der Waals surface area (Å²) in [6, 6.07) is 4.56. The van der Waals surface area contributed by atoms with E-state index >= 15 is 0 Å². The Balaban J connectivity index is 2.17. The number of rotatable bonds is 6. The van der Waals surface area contributed by atoms with E-state index < -0.39 is 0 Å². The number of ether oxygens (including phenoxy) is 1. The van der Waals surface area contributed by atoms with Crippen LogP contribution < -0.4 is 15.4 Å². The maximum Gasteiger partial charge on any atom is 0.323 e. The van der Waals surface area contributed by atoms with E-state index in [4.69, 9.17) is 4.74 Å². The second kappa shape index (κ2) is 6.51. The number of anilines is 2. The average Bonchev–Trinajstić information content (AvgIpc) is 2.91. The first-order valence-corrected chi connectivity index (χ1v) is 7.37. The van der Waals surface area contributed by atoms with Crippen molar-refractivity contribution in [1.82, 2.24) is 15.0 Å². The van der Waals surface area contributed by atoms with Gasteiger partial charge in [0, 0.05) is 11.9 Å². The number of aromatic nitrogens is 3. The van der Waals surface area contributed by atoms with Crippen LogP contribution in [-0.4, -0.2) is 28.1 Å². The van der Waals surface area contributed by atoms with Crippen molar-refractivity contribution in [2.24, 2.45) is 0 Å². The molecule has 0 aliphatic carbocycles. The SMILES string of the molecule is CNc1nc(NC(C)c2cccs2)nc(OC(C)C)n1. The molecule has 2 aromatic rings. The molecule has 0 bridgehead atoms. The molecule has 20 heavy (non-hydrogen) atoms. The average molecular weight is 293 g/mol. The van der Waals surface area contributed by atoms with Crippen LogP contribution in [0, 0.1) is 0 Å². The number of hydrogen-bond donors (Lipinski definition) is 2. The zero-order valence-corrected chi connectivity index (χ0v) is 12.9. The first-order valence-electron chi connectivity index (χ1n) is 6.49. The summed E-state index contributed by atoms with van der Waals surface area (Å²) in [5.41, 5.74) is 0. The highest BCUT2D eigenvalue weighted by molar-refractivity contribution is 7.10. The lowest BCUT2D eigenvalue weighted by Crippen LogP contribution is -2.14. The Bertz CT molecular complexity index is 544. The standard InChI is InChI=1S/C13H19N5OS/c1-8(2)19-13-17-11(14-4)16-12(18-13)15-9(3)10-6-5-7-20-10/h5-9H,1-4H3,(H2,14,15,16,17,18). The molecule has 0 aromatic carbocycles. The van der Waals surface area contributed by atoms with E-state index in [1.54, 1.807) is 18.4 Å². The highest BCUT2D eigenvalue weighted by atomic mass is 32.1. The molecule has 2 N–H and O–H groups in total. The van der Waals surface area contributed by atoms with Gasteiger partial charge in [-0.05, 0) is 32.2 Å². The minimum absolute atomic E-state index is 0.0182.